The number of para-hydroxylation sites is 1. The molecule has 9 aromatic carbocycles. The van der Waals surface area contributed by atoms with Gasteiger partial charge in [0.25, 0.3) is 0 Å². The van der Waals surface area contributed by atoms with Crippen LogP contribution in [0, 0.1) is 0 Å². The van der Waals surface area contributed by atoms with Crippen LogP contribution >= 0.6 is 0 Å². The highest BCUT2D eigenvalue weighted by molar-refractivity contribution is 6.00. The highest BCUT2D eigenvalue weighted by Crippen LogP contribution is 2.54. The van der Waals surface area contributed by atoms with Crippen molar-refractivity contribution in [2.75, 3.05) is 4.90 Å². The molecule has 3 heterocycles. The first-order valence-corrected chi connectivity index (χ1v) is 23.2. The van der Waals surface area contributed by atoms with Crippen molar-refractivity contribution in [1.82, 2.24) is 15.0 Å². The van der Waals surface area contributed by atoms with E-state index in [1.165, 1.54) is 33.5 Å². The lowest BCUT2D eigenvalue weighted by Gasteiger charge is -2.30. The molecular formula is C63H42N4O. The molecule has 11 aromatic rings. The van der Waals surface area contributed by atoms with E-state index < -0.39 is 0 Å². The average molecular weight is 871 g/mol. The van der Waals surface area contributed by atoms with Crippen LogP contribution in [0.2, 0.25) is 0 Å². The van der Waals surface area contributed by atoms with Gasteiger partial charge >= 0.3 is 0 Å². The van der Waals surface area contributed by atoms with Crippen molar-refractivity contribution in [2.45, 2.75) is 12.0 Å². The van der Waals surface area contributed by atoms with Crippen LogP contribution in [0.15, 0.2) is 241 Å². The molecule has 0 radical (unpaired) electrons. The molecule has 2 atom stereocenters. The molecule has 1 aliphatic heterocycles. The molecule has 13 rings (SSSR count). The summed E-state index contributed by atoms with van der Waals surface area (Å²) in [5, 5.41) is 1.02. The van der Waals surface area contributed by atoms with Crippen molar-refractivity contribution in [3.05, 3.63) is 253 Å². The van der Waals surface area contributed by atoms with Crippen molar-refractivity contribution in [1.29, 1.82) is 0 Å². The first-order valence-electron chi connectivity index (χ1n) is 23.2. The van der Waals surface area contributed by atoms with E-state index in [4.69, 9.17) is 19.4 Å². The number of rotatable bonds is 8. The maximum atomic E-state index is 6.81. The lowest BCUT2D eigenvalue weighted by Crippen LogP contribution is -2.30. The maximum Gasteiger partial charge on any atom is 0.164 e. The van der Waals surface area contributed by atoms with Crippen LogP contribution in [-0.2, 0) is 0 Å². The quantitative estimate of drug-likeness (QED) is 0.152. The summed E-state index contributed by atoms with van der Waals surface area (Å²) in [6.45, 7) is 0. The van der Waals surface area contributed by atoms with E-state index in [1.807, 2.05) is 12.1 Å². The van der Waals surface area contributed by atoms with Gasteiger partial charge in [-0.15, -0.1) is 0 Å². The second kappa shape index (κ2) is 16.5. The van der Waals surface area contributed by atoms with E-state index >= 15 is 0 Å². The molecule has 0 fully saturated rings. The molecule has 2 aromatic heterocycles. The van der Waals surface area contributed by atoms with Gasteiger partial charge in [-0.2, -0.15) is 0 Å². The number of nitrogens with zero attached hydrogens (tertiary/aromatic N) is 4. The molecular weight excluding hydrogens is 829 g/mol. The fourth-order valence-electron chi connectivity index (χ4n) is 10.3. The van der Waals surface area contributed by atoms with Gasteiger partial charge in [0.1, 0.15) is 11.3 Å². The van der Waals surface area contributed by atoms with Gasteiger partial charge in [-0.3, -0.25) is 0 Å². The first-order chi connectivity index (χ1) is 33.7. The Morgan fingerprint density at radius 1 is 0.382 bits per heavy atom. The van der Waals surface area contributed by atoms with E-state index in [9.17, 15) is 0 Å². The molecule has 68 heavy (non-hydrogen) atoms. The zero-order chi connectivity index (χ0) is 45.0. The zero-order valence-corrected chi connectivity index (χ0v) is 36.9. The van der Waals surface area contributed by atoms with E-state index in [0.717, 1.165) is 66.9 Å². The van der Waals surface area contributed by atoms with E-state index in [-0.39, 0.29) is 12.0 Å². The highest BCUT2D eigenvalue weighted by Gasteiger charge is 2.44. The fourth-order valence-corrected chi connectivity index (χ4v) is 10.3. The highest BCUT2D eigenvalue weighted by atomic mass is 16.3. The Hall–Kier alpha value is -8.93. The molecule has 2 aliphatic rings. The smallest absolute Gasteiger partial charge is 0.164 e. The van der Waals surface area contributed by atoms with Gasteiger partial charge in [0.2, 0.25) is 0 Å². The van der Waals surface area contributed by atoms with Gasteiger partial charge in [0, 0.05) is 44.9 Å². The molecule has 0 spiro atoms. The van der Waals surface area contributed by atoms with Crippen LogP contribution < -0.4 is 4.90 Å². The van der Waals surface area contributed by atoms with Crippen molar-refractivity contribution in [3.8, 4) is 78.7 Å². The number of hydrogen-bond donors (Lipinski definition) is 0. The van der Waals surface area contributed by atoms with Crippen LogP contribution in [0.4, 0.5) is 11.4 Å². The zero-order valence-electron chi connectivity index (χ0n) is 36.9. The van der Waals surface area contributed by atoms with Gasteiger partial charge in [0.15, 0.2) is 17.5 Å². The minimum atomic E-state index is -0.0123. The van der Waals surface area contributed by atoms with Crippen molar-refractivity contribution in [2.24, 2.45) is 0 Å². The predicted molar refractivity (Wildman–Crippen MR) is 277 cm³/mol. The largest absolute Gasteiger partial charge is 0.456 e. The van der Waals surface area contributed by atoms with Crippen LogP contribution in [0.5, 0.6) is 0 Å². The minimum Gasteiger partial charge on any atom is -0.456 e. The topological polar surface area (TPSA) is 55.1 Å². The van der Waals surface area contributed by atoms with E-state index in [2.05, 4.69) is 235 Å². The van der Waals surface area contributed by atoms with Crippen molar-refractivity contribution < 1.29 is 4.42 Å². The molecule has 0 saturated carbocycles. The standard InChI is InChI=1S/C63H42N4O/c1-4-16-41(17-5-1)45-22-12-23-46(38-45)44-32-34-51(35-33-44)67-54-30-11-10-28-52(54)58-55(67)36-37-57-60(58)59-53(29-15-31-56(59)68-57)63-65-61(49-26-13-24-47(39-49)42-18-6-2-7-19-42)64-62(66-63)50-27-14-25-48(40-50)43-20-8-3-9-21-43/h1-40,55,58H. The molecule has 1 aliphatic carbocycles. The van der Waals surface area contributed by atoms with Gasteiger partial charge < -0.3 is 9.32 Å². The molecule has 5 heteroatoms. The number of anilines is 2. The lowest BCUT2D eigenvalue weighted by molar-refractivity contribution is 0.584. The number of furan rings is 1. The molecule has 0 amide bonds. The Bertz CT molecular complexity index is 3590. The average Bonchev–Trinajstić information content (AvgIpc) is 3.98. The monoisotopic (exact) mass is 870 g/mol. The lowest BCUT2D eigenvalue weighted by atomic mass is 9.81. The van der Waals surface area contributed by atoms with E-state index in [0.29, 0.717) is 17.5 Å². The predicted octanol–water partition coefficient (Wildman–Crippen LogP) is 16.0. The van der Waals surface area contributed by atoms with Crippen molar-refractivity contribution in [3.63, 3.8) is 0 Å². The Labute approximate surface area is 395 Å². The number of aromatic nitrogens is 3. The third-order valence-corrected chi connectivity index (χ3v) is 13.5. The van der Waals surface area contributed by atoms with Gasteiger partial charge in [-0.05, 0) is 98.6 Å². The van der Waals surface area contributed by atoms with Gasteiger partial charge in [-0.1, -0.05) is 194 Å². The summed E-state index contributed by atoms with van der Waals surface area (Å²) in [6, 6.07) is 81.3. The second-order valence-corrected chi connectivity index (χ2v) is 17.5. The summed E-state index contributed by atoms with van der Waals surface area (Å²) in [4.78, 5) is 18.4. The van der Waals surface area contributed by atoms with Crippen LogP contribution in [0.25, 0.3) is 95.7 Å². The van der Waals surface area contributed by atoms with Gasteiger partial charge in [-0.25, -0.2) is 15.0 Å². The van der Waals surface area contributed by atoms with Crippen LogP contribution in [-0.4, -0.2) is 21.0 Å². The molecule has 0 saturated heterocycles. The summed E-state index contributed by atoms with van der Waals surface area (Å²) in [7, 11) is 0. The molecule has 0 bridgehead atoms. The maximum absolute atomic E-state index is 6.81. The summed E-state index contributed by atoms with van der Waals surface area (Å²) in [5.41, 5.74) is 17.5. The molecule has 5 nitrogen and oxygen atoms in total. The van der Waals surface area contributed by atoms with Crippen LogP contribution in [0.3, 0.4) is 0 Å². The Morgan fingerprint density at radius 3 is 1.41 bits per heavy atom. The molecule has 0 N–H and O–H groups in total. The number of fused-ring (bicyclic) bond motifs is 7. The summed E-state index contributed by atoms with van der Waals surface area (Å²) in [5.74, 6) is 2.65. The first kappa shape index (κ1) is 39.4. The van der Waals surface area contributed by atoms with Gasteiger partial charge in [0.05, 0.1) is 6.04 Å². The Kier molecular flexibility index (Phi) is 9.57. The Morgan fingerprint density at radius 2 is 0.838 bits per heavy atom. The Balaban J connectivity index is 0.933. The third kappa shape index (κ3) is 6.92. The summed E-state index contributed by atoms with van der Waals surface area (Å²) in [6.07, 6.45) is 4.47. The SMILES string of the molecule is C1=CC2C(c3ccccc3N2c2ccc(-c3cccc(-c4ccccc4)c3)cc2)c2c1oc1cccc(-c3nc(-c4cccc(-c5ccccc5)c4)nc(-c4cccc(-c5ccccc5)c4)n3)c21. The molecule has 320 valence electrons. The van der Waals surface area contributed by atoms with Crippen LogP contribution in [0.1, 0.15) is 22.8 Å². The van der Waals surface area contributed by atoms with Crippen molar-refractivity contribution >= 4 is 28.4 Å². The number of hydrogen-bond acceptors (Lipinski definition) is 5. The molecule has 2 unspecified atom stereocenters. The normalized spacial score (nSPS) is 14.7. The summed E-state index contributed by atoms with van der Waals surface area (Å²) < 4.78 is 6.81. The van der Waals surface area contributed by atoms with E-state index in [1.54, 1.807) is 0 Å². The fraction of sp³-hybridized carbons (Fsp3) is 0.0317. The number of benzene rings is 9. The minimum absolute atomic E-state index is 0.00643. The summed E-state index contributed by atoms with van der Waals surface area (Å²) >= 11 is 0. The third-order valence-electron chi connectivity index (χ3n) is 13.5. The second-order valence-electron chi connectivity index (χ2n) is 17.5.